The fourth-order valence-electron chi connectivity index (χ4n) is 2.92. The highest BCUT2D eigenvalue weighted by Gasteiger charge is 2.22. The SMILES string of the molecule is O=C(Nc1ccn(Cc2ccc(Cl)cc2Cl)n1)c1cc2nc(C(F)F)cc(C(F)F)n2n1. The van der Waals surface area contributed by atoms with E-state index in [4.69, 9.17) is 23.2 Å². The van der Waals surface area contributed by atoms with Gasteiger partial charge in [-0.2, -0.15) is 10.2 Å². The second-order valence-corrected chi connectivity index (χ2v) is 7.44. The zero-order chi connectivity index (χ0) is 23.0. The van der Waals surface area contributed by atoms with Crippen LogP contribution in [0.2, 0.25) is 10.0 Å². The van der Waals surface area contributed by atoms with Gasteiger partial charge in [0.1, 0.15) is 11.4 Å². The van der Waals surface area contributed by atoms with Crippen LogP contribution in [0, 0.1) is 0 Å². The molecule has 1 aromatic carbocycles. The van der Waals surface area contributed by atoms with Gasteiger partial charge in [-0.3, -0.25) is 9.48 Å². The number of carbonyl (C=O) groups excluding carboxylic acids is 1. The number of nitrogens with one attached hydrogen (secondary N) is 1. The maximum atomic E-state index is 13.3. The van der Waals surface area contributed by atoms with E-state index in [9.17, 15) is 22.4 Å². The van der Waals surface area contributed by atoms with Crippen LogP contribution in [0.1, 0.15) is 40.3 Å². The van der Waals surface area contributed by atoms with Crippen molar-refractivity contribution in [2.45, 2.75) is 19.4 Å². The molecule has 166 valence electrons. The monoisotopic (exact) mass is 486 g/mol. The van der Waals surface area contributed by atoms with Crippen molar-refractivity contribution in [2.75, 3.05) is 5.32 Å². The molecule has 0 radical (unpaired) electrons. The van der Waals surface area contributed by atoms with Crippen LogP contribution in [0.3, 0.4) is 0 Å². The van der Waals surface area contributed by atoms with E-state index < -0.39 is 30.1 Å². The van der Waals surface area contributed by atoms with Gasteiger partial charge in [-0.1, -0.05) is 29.3 Å². The first-order valence-corrected chi connectivity index (χ1v) is 9.72. The molecule has 0 atom stereocenters. The van der Waals surface area contributed by atoms with Crippen LogP contribution in [-0.2, 0) is 6.54 Å². The van der Waals surface area contributed by atoms with E-state index in [1.807, 2.05) is 0 Å². The minimum atomic E-state index is -3.09. The highest BCUT2D eigenvalue weighted by molar-refractivity contribution is 6.35. The standard InChI is InChI=1S/C19H12Cl2F4N6O/c20-10-2-1-9(11(21)5-10)8-30-4-3-15(29-30)27-19(32)13-7-16-26-12(17(22)23)6-14(18(24)25)31(16)28-13/h1-7,17-18H,8H2,(H,27,29,32). The molecule has 3 heterocycles. The number of hydrogen-bond donors (Lipinski definition) is 1. The predicted molar refractivity (Wildman–Crippen MR) is 109 cm³/mol. The van der Waals surface area contributed by atoms with Crippen LogP contribution in [0.15, 0.2) is 42.6 Å². The fourth-order valence-corrected chi connectivity index (χ4v) is 3.39. The Morgan fingerprint density at radius 1 is 1.03 bits per heavy atom. The Balaban J connectivity index is 1.55. The number of amides is 1. The maximum absolute atomic E-state index is 13.3. The van der Waals surface area contributed by atoms with Crippen molar-refractivity contribution in [3.63, 3.8) is 0 Å². The lowest BCUT2D eigenvalue weighted by Crippen LogP contribution is -2.14. The number of halogens is 6. The van der Waals surface area contributed by atoms with Crippen molar-refractivity contribution < 1.29 is 22.4 Å². The number of rotatable bonds is 6. The molecule has 0 unspecified atom stereocenters. The third kappa shape index (κ3) is 4.53. The van der Waals surface area contributed by atoms with Crippen LogP contribution < -0.4 is 5.32 Å². The smallest absolute Gasteiger partial charge is 0.280 e. The maximum Gasteiger partial charge on any atom is 0.280 e. The number of fused-ring (bicyclic) bond motifs is 1. The zero-order valence-electron chi connectivity index (χ0n) is 15.8. The molecule has 13 heteroatoms. The lowest BCUT2D eigenvalue weighted by atomic mass is 10.2. The average Bonchev–Trinajstić information content (AvgIpc) is 3.35. The molecular formula is C19H12Cl2F4N6O. The first-order chi connectivity index (χ1) is 15.2. The zero-order valence-corrected chi connectivity index (χ0v) is 17.3. The van der Waals surface area contributed by atoms with Gasteiger partial charge in [0.15, 0.2) is 17.2 Å². The van der Waals surface area contributed by atoms with Crippen molar-refractivity contribution in [3.8, 4) is 0 Å². The van der Waals surface area contributed by atoms with E-state index in [0.29, 0.717) is 27.2 Å². The minimum absolute atomic E-state index is 0.160. The Morgan fingerprint density at radius 2 is 1.81 bits per heavy atom. The summed E-state index contributed by atoms with van der Waals surface area (Å²) in [6, 6.07) is 8.12. The summed E-state index contributed by atoms with van der Waals surface area (Å²) in [5, 5.41) is 11.4. The molecule has 1 N–H and O–H groups in total. The normalized spacial score (nSPS) is 11.6. The van der Waals surface area contributed by atoms with Gasteiger partial charge in [-0.15, -0.1) is 0 Å². The summed E-state index contributed by atoms with van der Waals surface area (Å²) >= 11 is 12.0. The Hall–Kier alpha value is -3.18. The second kappa shape index (κ2) is 8.75. The molecule has 0 aliphatic carbocycles. The number of anilines is 1. The molecule has 7 nitrogen and oxygen atoms in total. The van der Waals surface area contributed by atoms with E-state index in [0.717, 1.165) is 11.6 Å². The summed E-state index contributed by atoms with van der Waals surface area (Å²) in [4.78, 5) is 16.1. The molecule has 4 aromatic rings. The van der Waals surface area contributed by atoms with Crippen LogP contribution in [-0.4, -0.2) is 30.3 Å². The Labute approximate surface area is 187 Å². The lowest BCUT2D eigenvalue weighted by Gasteiger charge is -2.06. The van der Waals surface area contributed by atoms with Crippen molar-refractivity contribution in [3.05, 3.63) is 75.3 Å². The van der Waals surface area contributed by atoms with Gasteiger partial charge in [-0.05, 0) is 23.8 Å². The molecule has 32 heavy (non-hydrogen) atoms. The number of aromatic nitrogens is 5. The van der Waals surface area contributed by atoms with Gasteiger partial charge in [0.2, 0.25) is 0 Å². The van der Waals surface area contributed by atoms with Gasteiger partial charge >= 0.3 is 0 Å². The molecular weight excluding hydrogens is 475 g/mol. The summed E-state index contributed by atoms with van der Waals surface area (Å²) in [6.45, 7) is 0.304. The van der Waals surface area contributed by atoms with Crippen LogP contribution >= 0.6 is 23.2 Å². The van der Waals surface area contributed by atoms with Gasteiger partial charge in [0.05, 0.1) is 6.54 Å². The van der Waals surface area contributed by atoms with E-state index >= 15 is 0 Å². The van der Waals surface area contributed by atoms with Crippen molar-refractivity contribution in [1.29, 1.82) is 0 Å². The molecule has 3 aromatic heterocycles. The number of hydrogen-bond acceptors (Lipinski definition) is 4. The number of benzene rings is 1. The van der Waals surface area contributed by atoms with E-state index in [2.05, 4.69) is 20.5 Å². The van der Waals surface area contributed by atoms with Gasteiger partial charge < -0.3 is 5.32 Å². The van der Waals surface area contributed by atoms with Crippen molar-refractivity contribution in [2.24, 2.45) is 0 Å². The van der Waals surface area contributed by atoms with Crippen LogP contribution in [0.25, 0.3) is 5.65 Å². The third-order valence-corrected chi connectivity index (χ3v) is 4.97. The van der Waals surface area contributed by atoms with Gasteiger partial charge in [0, 0.05) is 28.4 Å². The predicted octanol–water partition coefficient (Wildman–Crippen LogP) is 5.41. The summed E-state index contributed by atoms with van der Waals surface area (Å²) < 4.78 is 54.6. The highest BCUT2D eigenvalue weighted by atomic mass is 35.5. The first-order valence-electron chi connectivity index (χ1n) is 8.97. The number of nitrogens with zero attached hydrogens (tertiary/aromatic N) is 5. The number of carbonyl (C=O) groups is 1. The van der Waals surface area contributed by atoms with Crippen molar-refractivity contribution >= 4 is 40.6 Å². The van der Waals surface area contributed by atoms with Crippen LogP contribution in [0.4, 0.5) is 23.4 Å². The highest BCUT2D eigenvalue weighted by Crippen LogP contribution is 2.26. The molecule has 0 bridgehead atoms. The van der Waals surface area contributed by atoms with E-state index in [-0.39, 0.29) is 17.2 Å². The van der Waals surface area contributed by atoms with Gasteiger partial charge in [0.25, 0.3) is 18.8 Å². The largest absolute Gasteiger partial charge is 0.304 e. The molecule has 0 saturated heterocycles. The van der Waals surface area contributed by atoms with Crippen molar-refractivity contribution in [1.82, 2.24) is 24.4 Å². The second-order valence-electron chi connectivity index (χ2n) is 6.60. The summed E-state index contributed by atoms with van der Waals surface area (Å²) in [7, 11) is 0. The lowest BCUT2D eigenvalue weighted by molar-refractivity contribution is 0.102. The Morgan fingerprint density at radius 3 is 2.50 bits per heavy atom. The molecule has 4 rings (SSSR count). The van der Waals surface area contributed by atoms with Crippen LogP contribution in [0.5, 0.6) is 0 Å². The molecule has 0 aliphatic rings. The van der Waals surface area contributed by atoms with Gasteiger partial charge in [-0.25, -0.2) is 27.1 Å². The molecule has 0 fully saturated rings. The molecule has 0 aliphatic heterocycles. The number of alkyl halides is 4. The minimum Gasteiger partial charge on any atom is -0.304 e. The molecule has 0 saturated carbocycles. The topological polar surface area (TPSA) is 77.1 Å². The first kappa shape index (κ1) is 22.0. The molecule has 0 spiro atoms. The summed E-state index contributed by atoms with van der Waals surface area (Å²) in [5.74, 6) is -0.614. The van der Waals surface area contributed by atoms with E-state index in [1.54, 1.807) is 24.4 Å². The summed E-state index contributed by atoms with van der Waals surface area (Å²) in [5.41, 5.74) is -1.47. The fraction of sp³-hybridized carbons (Fsp3) is 0.158. The average molecular weight is 487 g/mol. The Kier molecular flexibility index (Phi) is 6.02. The molecule has 1 amide bonds. The Bertz CT molecular complexity index is 1310. The quantitative estimate of drug-likeness (QED) is 0.369. The third-order valence-electron chi connectivity index (χ3n) is 4.38. The summed E-state index contributed by atoms with van der Waals surface area (Å²) in [6.07, 6.45) is -4.55. The van der Waals surface area contributed by atoms with E-state index in [1.165, 1.54) is 10.7 Å².